The molecule has 1 fully saturated rings. The molecule has 2 aliphatic rings. The summed E-state index contributed by atoms with van der Waals surface area (Å²) in [4.78, 5) is 28.7. The number of carbonyl (C=O) groups excluding carboxylic acids is 2. The molecule has 30 heavy (non-hydrogen) atoms. The fourth-order valence-corrected chi connectivity index (χ4v) is 4.40. The molecule has 0 radical (unpaired) electrons. The maximum absolute atomic E-state index is 12.9. The highest BCUT2D eigenvalue weighted by atomic mass is 16.6. The number of esters is 1. The van der Waals surface area contributed by atoms with Crippen molar-refractivity contribution in [3.63, 3.8) is 0 Å². The highest BCUT2D eigenvalue weighted by molar-refractivity contribution is 6.03. The van der Waals surface area contributed by atoms with Gasteiger partial charge in [0.1, 0.15) is 12.3 Å². The van der Waals surface area contributed by atoms with Gasteiger partial charge in [0.2, 0.25) is 0 Å². The molecule has 0 spiro atoms. The van der Waals surface area contributed by atoms with Crippen LogP contribution < -0.4 is 9.47 Å². The SMILES string of the molecule is COc1ccc([C@H]2CC(=O)c3c([nH]c(C(=O)OC[C@@H]4CCCO4)c3C)C2)cc1OC. The average molecular weight is 413 g/mol. The van der Waals surface area contributed by atoms with Gasteiger partial charge in [-0.25, -0.2) is 4.79 Å². The number of carbonyl (C=O) groups is 2. The monoisotopic (exact) mass is 413 g/mol. The zero-order valence-electron chi connectivity index (χ0n) is 17.6. The molecule has 4 rings (SSSR count). The molecule has 160 valence electrons. The van der Waals surface area contributed by atoms with E-state index < -0.39 is 5.97 Å². The summed E-state index contributed by atoms with van der Waals surface area (Å²) in [6.07, 6.45) is 2.88. The number of ketones is 1. The first-order chi connectivity index (χ1) is 14.5. The molecular weight excluding hydrogens is 386 g/mol. The Morgan fingerprint density at radius 3 is 2.70 bits per heavy atom. The topological polar surface area (TPSA) is 86.9 Å². The molecule has 1 aromatic heterocycles. The van der Waals surface area contributed by atoms with Gasteiger partial charge in [-0.1, -0.05) is 6.07 Å². The lowest BCUT2D eigenvalue weighted by molar-refractivity contribution is 0.0156. The van der Waals surface area contributed by atoms with Crippen LogP contribution in [0.4, 0.5) is 0 Å². The summed E-state index contributed by atoms with van der Waals surface area (Å²) in [6, 6.07) is 5.72. The van der Waals surface area contributed by atoms with E-state index in [1.54, 1.807) is 21.1 Å². The summed E-state index contributed by atoms with van der Waals surface area (Å²) in [6.45, 7) is 2.75. The smallest absolute Gasteiger partial charge is 0.355 e. The lowest BCUT2D eigenvalue weighted by Gasteiger charge is -2.23. The molecule has 0 amide bonds. The first-order valence-electron chi connectivity index (χ1n) is 10.3. The van der Waals surface area contributed by atoms with E-state index in [0.29, 0.717) is 47.8 Å². The van der Waals surface area contributed by atoms with Crippen molar-refractivity contribution in [2.24, 2.45) is 0 Å². The Morgan fingerprint density at radius 1 is 1.20 bits per heavy atom. The van der Waals surface area contributed by atoms with Crippen LogP contribution in [0.5, 0.6) is 11.5 Å². The molecule has 1 saturated heterocycles. The van der Waals surface area contributed by atoms with Crippen LogP contribution in [-0.2, 0) is 15.9 Å². The lowest BCUT2D eigenvalue weighted by atomic mass is 9.81. The van der Waals surface area contributed by atoms with E-state index in [9.17, 15) is 9.59 Å². The van der Waals surface area contributed by atoms with E-state index in [1.807, 2.05) is 18.2 Å². The number of hydrogen-bond donors (Lipinski definition) is 1. The van der Waals surface area contributed by atoms with E-state index in [1.165, 1.54) is 0 Å². The Balaban J connectivity index is 1.54. The maximum atomic E-state index is 12.9. The molecule has 1 aromatic carbocycles. The number of Topliss-reactive ketones (excluding diaryl/α,β-unsaturated/α-hetero) is 1. The van der Waals surface area contributed by atoms with Gasteiger partial charge in [-0.05, 0) is 55.4 Å². The summed E-state index contributed by atoms with van der Waals surface area (Å²) in [5.74, 6) is 0.875. The molecule has 1 N–H and O–H groups in total. The number of aromatic amines is 1. The second-order valence-corrected chi connectivity index (χ2v) is 7.85. The Labute approximate surface area is 175 Å². The first-order valence-corrected chi connectivity index (χ1v) is 10.3. The molecule has 0 saturated carbocycles. The number of ether oxygens (including phenoxy) is 4. The summed E-state index contributed by atoms with van der Waals surface area (Å²) in [5, 5.41) is 0. The van der Waals surface area contributed by atoms with Crippen LogP contribution in [-0.4, -0.2) is 50.3 Å². The van der Waals surface area contributed by atoms with Crippen LogP contribution in [0.2, 0.25) is 0 Å². The van der Waals surface area contributed by atoms with Crippen LogP contribution >= 0.6 is 0 Å². The Hall–Kier alpha value is -2.80. The van der Waals surface area contributed by atoms with Crippen molar-refractivity contribution in [1.82, 2.24) is 4.98 Å². The van der Waals surface area contributed by atoms with E-state index in [4.69, 9.17) is 18.9 Å². The minimum atomic E-state index is -0.437. The maximum Gasteiger partial charge on any atom is 0.355 e. The Bertz CT molecular complexity index is 957. The minimum Gasteiger partial charge on any atom is -0.493 e. The number of fused-ring (bicyclic) bond motifs is 1. The van der Waals surface area contributed by atoms with E-state index >= 15 is 0 Å². The quantitative estimate of drug-likeness (QED) is 0.729. The second-order valence-electron chi connectivity index (χ2n) is 7.85. The molecule has 2 heterocycles. The molecule has 7 heteroatoms. The van der Waals surface area contributed by atoms with Crippen molar-refractivity contribution in [2.45, 2.75) is 44.6 Å². The normalized spacial score (nSPS) is 20.7. The van der Waals surface area contributed by atoms with Gasteiger partial charge in [0.05, 0.1) is 20.3 Å². The fourth-order valence-electron chi connectivity index (χ4n) is 4.40. The highest BCUT2D eigenvalue weighted by Gasteiger charge is 2.33. The van der Waals surface area contributed by atoms with E-state index in [2.05, 4.69) is 4.98 Å². The number of hydrogen-bond acceptors (Lipinski definition) is 6. The third-order valence-corrected chi connectivity index (χ3v) is 6.00. The van der Waals surface area contributed by atoms with Crippen LogP contribution in [0.15, 0.2) is 18.2 Å². The van der Waals surface area contributed by atoms with Crippen molar-refractivity contribution in [2.75, 3.05) is 27.4 Å². The van der Waals surface area contributed by atoms with Gasteiger partial charge in [-0.2, -0.15) is 0 Å². The van der Waals surface area contributed by atoms with Crippen LogP contribution in [0.3, 0.4) is 0 Å². The minimum absolute atomic E-state index is 0.00128. The summed E-state index contributed by atoms with van der Waals surface area (Å²) < 4.78 is 21.6. The number of H-pyrrole nitrogens is 1. The van der Waals surface area contributed by atoms with Crippen molar-refractivity contribution in [1.29, 1.82) is 0 Å². The third kappa shape index (κ3) is 3.81. The zero-order chi connectivity index (χ0) is 21.3. The highest BCUT2D eigenvalue weighted by Crippen LogP contribution is 2.38. The molecule has 0 unspecified atom stereocenters. The molecule has 1 aliphatic heterocycles. The van der Waals surface area contributed by atoms with E-state index in [-0.39, 0.29) is 24.4 Å². The van der Waals surface area contributed by atoms with Crippen LogP contribution in [0.1, 0.15) is 62.8 Å². The van der Waals surface area contributed by atoms with Gasteiger partial charge < -0.3 is 23.9 Å². The Kier molecular flexibility index (Phi) is 5.81. The molecule has 1 aliphatic carbocycles. The predicted octanol–water partition coefficient (Wildman–Crippen LogP) is 3.59. The standard InChI is InChI=1S/C23H27NO6/c1-13-21-17(24-22(13)23(26)30-12-16-5-4-8-29-16)9-15(10-18(21)25)14-6-7-19(27-2)20(11-14)28-3/h6-7,11,15-16,24H,4-5,8-10,12H2,1-3H3/t15-,16+/m1/s1. The largest absolute Gasteiger partial charge is 0.493 e. The summed E-state index contributed by atoms with van der Waals surface area (Å²) >= 11 is 0. The number of nitrogens with one attached hydrogen (secondary N) is 1. The number of benzene rings is 1. The van der Waals surface area contributed by atoms with Gasteiger partial charge in [0, 0.05) is 24.3 Å². The van der Waals surface area contributed by atoms with Crippen molar-refractivity contribution in [3.05, 3.63) is 46.3 Å². The number of methoxy groups -OCH3 is 2. The molecular formula is C23H27NO6. The Morgan fingerprint density at radius 2 is 2.00 bits per heavy atom. The van der Waals surface area contributed by atoms with Crippen molar-refractivity contribution < 1.29 is 28.5 Å². The zero-order valence-corrected chi connectivity index (χ0v) is 17.6. The first kappa shape index (κ1) is 20.5. The number of aromatic nitrogens is 1. The van der Waals surface area contributed by atoms with E-state index in [0.717, 1.165) is 24.1 Å². The molecule has 0 bridgehead atoms. The molecule has 2 atom stereocenters. The lowest BCUT2D eigenvalue weighted by Crippen LogP contribution is -2.18. The van der Waals surface area contributed by atoms with Crippen molar-refractivity contribution in [3.8, 4) is 11.5 Å². The third-order valence-electron chi connectivity index (χ3n) is 6.00. The fraction of sp³-hybridized carbons (Fsp3) is 0.478. The second kappa shape index (κ2) is 8.52. The predicted molar refractivity (Wildman–Crippen MR) is 110 cm³/mol. The van der Waals surface area contributed by atoms with Crippen molar-refractivity contribution >= 4 is 11.8 Å². The summed E-state index contributed by atoms with van der Waals surface area (Å²) in [5.41, 5.74) is 3.43. The average Bonchev–Trinajstić information content (AvgIpc) is 3.39. The van der Waals surface area contributed by atoms with Gasteiger partial charge >= 0.3 is 5.97 Å². The van der Waals surface area contributed by atoms with Crippen LogP contribution in [0.25, 0.3) is 0 Å². The summed E-state index contributed by atoms with van der Waals surface area (Å²) in [7, 11) is 3.18. The van der Waals surface area contributed by atoms with Gasteiger partial charge in [0.15, 0.2) is 17.3 Å². The van der Waals surface area contributed by atoms with Crippen LogP contribution in [0, 0.1) is 6.92 Å². The van der Waals surface area contributed by atoms with Gasteiger partial charge in [-0.3, -0.25) is 4.79 Å². The molecule has 2 aromatic rings. The molecule has 7 nitrogen and oxygen atoms in total. The number of rotatable bonds is 6. The van der Waals surface area contributed by atoms with Gasteiger partial charge in [0.25, 0.3) is 0 Å². The van der Waals surface area contributed by atoms with Gasteiger partial charge in [-0.15, -0.1) is 0 Å².